The van der Waals surface area contributed by atoms with E-state index < -0.39 is 0 Å². The van der Waals surface area contributed by atoms with E-state index in [1.165, 1.54) is 0 Å². The molecule has 0 saturated carbocycles. The molecule has 0 aliphatic rings. The lowest BCUT2D eigenvalue weighted by atomic mass is 10.0. The van der Waals surface area contributed by atoms with Crippen LogP contribution in [-0.2, 0) is 0 Å². The molecule has 2 rings (SSSR count). The molecule has 1 aromatic heterocycles. The molecule has 0 saturated heterocycles. The molecule has 1 atom stereocenters. The Balaban J connectivity index is 2.43. The lowest BCUT2D eigenvalue weighted by Crippen LogP contribution is -2.18. The molecule has 20 heavy (non-hydrogen) atoms. The first-order valence-electron chi connectivity index (χ1n) is 6.83. The second kappa shape index (κ2) is 5.67. The highest BCUT2D eigenvalue weighted by Gasteiger charge is 2.12. The maximum absolute atomic E-state index is 11.8. The zero-order valence-electron chi connectivity index (χ0n) is 12.4. The molecule has 4 nitrogen and oxygen atoms in total. The number of nitrogens with two attached hydrogens (primary N) is 1. The summed E-state index contributed by atoms with van der Waals surface area (Å²) in [5, 5.41) is 0.958. The van der Waals surface area contributed by atoms with Gasteiger partial charge in [0.05, 0.1) is 6.61 Å². The van der Waals surface area contributed by atoms with Gasteiger partial charge in [-0.25, -0.2) is 4.79 Å². The molecule has 0 spiro atoms. The van der Waals surface area contributed by atoms with Crippen molar-refractivity contribution < 1.29 is 9.15 Å². The molecule has 0 amide bonds. The van der Waals surface area contributed by atoms with Crippen molar-refractivity contribution in [3.8, 4) is 5.75 Å². The molecule has 1 heterocycles. The van der Waals surface area contributed by atoms with E-state index >= 15 is 0 Å². The zero-order valence-corrected chi connectivity index (χ0v) is 12.4. The standard InChI is InChI=1S/C16H21NO3/c1-9(17)7-8-19-14-6-5-13-10(2)11(3)16(18)20-15(13)12(14)4/h5-6,9H,7-8,17H2,1-4H3/t9-/m1/s1. The summed E-state index contributed by atoms with van der Waals surface area (Å²) in [6, 6.07) is 3.97. The lowest BCUT2D eigenvalue weighted by molar-refractivity contribution is 0.299. The average Bonchev–Trinajstić information content (AvgIpc) is 2.39. The van der Waals surface area contributed by atoms with E-state index in [1.807, 2.05) is 32.9 Å². The van der Waals surface area contributed by atoms with Crippen molar-refractivity contribution in [2.24, 2.45) is 5.73 Å². The Kier molecular flexibility index (Phi) is 4.14. The van der Waals surface area contributed by atoms with Crippen LogP contribution in [0.3, 0.4) is 0 Å². The zero-order chi connectivity index (χ0) is 14.9. The third kappa shape index (κ3) is 2.70. The minimum atomic E-state index is -0.286. The Hall–Kier alpha value is -1.81. The van der Waals surface area contributed by atoms with Gasteiger partial charge < -0.3 is 14.9 Å². The smallest absolute Gasteiger partial charge is 0.339 e. The van der Waals surface area contributed by atoms with E-state index in [0.29, 0.717) is 17.8 Å². The van der Waals surface area contributed by atoms with Gasteiger partial charge in [-0.1, -0.05) is 0 Å². The Morgan fingerprint density at radius 3 is 2.55 bits per heavy atom. The number of fused-ring (bicyclic) bond motifs is 1. The quantitative estimate of drug-likeness (QED) is 0.871. The molecule has 108 valence electrons. The first-order valence-corrected chi connectivity index (χ1v) is 6.83. The van der Waals surface area contributed by atoms with Crippen LogP contribution in [0.15, 0.2) is 21.3 Å². The topological polar surface area (TPSA) is 65.5 Å². The third-order valence-electron chi connectivity index (χ3n) is 3.65. The monoisotopic (exact) mass is 275 g/mol. The molecule has 4 heteroatoms. The van der Waals surface area contributed by atoms with Gasteiger partial charge in [0, 0.05) is 22.6 Å². The van der Waals surface area contributed by atoms with Crippen LogP contribution in [-0.4, -0.2) is 12.6 Å². The highest BCUT2D eigenvalue weighted by atomic mass is 16.5. The summed E-state index contributed by atoms with van der Waals surface area (Å²) >= 11 is 0. The van der Waals surface area contributed by atoms with Gasteiger partial charge in [-0.15, -0.1) is 0 Å². The molecule has 0 aliphatic heterocycles. The van der Waals surface area contributed by atoms with Crippen LogP contribution in [0.4, 0.5) is 0 Å². The molecular formula is C16H21NO3. The van der Waals surface area contributed by atoms with Gasteiger partial charge in [-0.05, 0) is 51.8 Å². The van der Waals surface area contributed by atoms with Gasteiger partial charge in [0.15, 0.2) is 0 Å². The normalized spacial score (nSPS) is 12.7. The van der Waals surface area contributed by atoms with Crippen molar-refractivity contribution in [2.75, 3.05) is 6.61 Å². The Labute approximate surface area is 118 Å². The summed E-state index contributed by atoms with van der Waals surface area (Å²) in [7, 11) is 0. The van der Waals surface area contributed by atoms with Crippen molar-refractivity contribution in [3.05, 3.63) is 39.2 Å². The summed E-state index contributed by atoms with van der Waals surface area (Å²) in [5.74, 6) is 0.740. The fourth-order valence-corrected chi connectivity index (χ4v) is 2.14. The predicted molar refractivity (Wildman–Crippen MR) is 80.5 cm³/mol. The second-order valence-corrected chi connectivity index (χ2v) is 5.32. The van der Waals surface area contributed by atoms with Gasteiger partial charge in [0.25, 0.3) is 0 Å². The second-order valence-electron chi connectivity index (χ2n) is 5.32. The van der Waals surface area contributed by atoms with Crippen LogP contribution < -0.4 is 16.1 Å². The van der Waals surface area contributed by atoms with E-state index in [9.17, 15) is 4.79 Å². The maximum Gasteiger partial charge on any atom is 0.339 e. The van der Waals surface area contributed by atoms with Gasteiger partial charge >= 0.3 is 5.63 Å². The van der Waals surface area contributed by atoms with Gasteiger partial charge in [0.1, 0.15) is 11.3 Å². The van der Waals surface area contributed by atoms with E-state index in [4.69, 9.17) is 14.9 Å². The number of aryl methyl sites for hydroxylation is 2. The summed E-state index contributed by atoms with van der Waals surface area (Å²) in [6.45, 7) is 8.12. The van der Waals surface area contributed by atoms with Gasteiger partial charge in [-0.3, -0.25) is 0 Å². The lowest BCUT2D eigenvalue weighted by Gasteiger charge is -2.13. The molecule has 0 radical (unpaired) electrons. The van der Waals surface area contributed by atoms with Crippen LogP contribution in [0.5, 0.6) is 5.75 Å². The fraction of sp³-hybridized carbons (Fsp3) is 0.438. The number of benzene rings is 1. The Morgan fingerprint density at radius 2 is 1.90 bits per heavy atom. The minimum absolute atomic E-state index is 0.110. The number of ether oxygens (including phenoxy) is 1. The van der Waals surface area contributed by atoms with Crippen molar-refractivity contribution in [3.63, 3.8) is 0 Å². The number of rotatable bonds is 4. The molecule has 2 N–H and O–H groups in total. The van der Waals surface area contributed by atoms with Crippen LogP contribution in [0.1, 0.15) is 30.0 Å². The van der Waals surface area contributed by atoms with E-state index in [-0.39, 0.29) is 11.7 Å². The first-order chi connectivity index (χ1) is 9.41. The summed E-state index contributed by atoms with van der Waals surface area (Å²) in [5.41, 5.74) is 8.49. The summed E-state index contributed by atoms with van der Waals surface area (Å²) in [4.78, 5) is 11.8. The van der Waals surface area contributed by atoms with E-state index in [0.717, 1.165) is 28.7 Å². The van der Waals surface area contributed by atoms with Gasteiger partial charge in [-0.2, -0.15) is 0 Å². The fourth-order valence-electron chi connectivity index (χ4n) is 2.14. The van der Waals surface area contributed by atoms with Crippen molar-refractivity contribution in [2.45, 2.75) is 40.2 Å². The Morgan fingerprint density at radius 1 is 1.20 bits per heavy atom. The molecule has 0 bridgehead atoms. The van der Waals surface area contributed by atoms with Crippen LogP contribution in [0.25, 0.3) is 11.0 Å². The summed E-state index contributed by atoms with van der Waals surface area (Å²) in [6.07, 6.45) is 0.786. The molecule has 2 aromatic rings. The highest BCUT2D eigenvalue weighted by Crippen LogP contribution is 2.29. The molecule has 0 aliphatic carbocycles. The van der Waals surface area contributed by atoms with E-state index in [1.54, 1.807) is 6.92 Å². The van der Waals surface area contributed by atoms with Gasteiger partial charge in [0.2, 0.25) is 0 Å². The molecule has 0 unspecified atom stereocenters. The molecule has 1 aromatic carbocycles. The highest BCUT2D eigenvalue weighted by molar-refractivity contribution is 5.85. The van der Waals surface area contributed by atoms with Crippen molar-refractivity contribution >= 4 is 11.0 Å². The third-order valence-corrected chi connectivity index (χ3v) is 3.65. The number of hydrogen-bond donors (Lipinski definition) is 1. The molecular weight excluding hydrogens is 254 g/mol. The maximum atomic E-state index is 11.8. The van der Waals surface area contributed by atoms with E-state index in [2.05, 4.69) is 0 Å². The number of hydrogen-bond acceptors (Lipinski definition) is 4. The first kappa shape index (κ1) is 14.6. The van der Waals surface area contributed by atoms with Crippen molar-refractivity contribution in [1.29, 1.82) is 0 Å². The molecule has 0 fully saturated rings. The average molecular weight is 275 g/mol. The summed E-state index contributed by atoms with van der Waals surface area (Å²) < 4.78 is 11.1. The Bertz CT molecular complexity index is 686. The van der Waals surface area contributed by atoms with Crippen LogP contribution >= 0.6 is 0 Å². The largest absolute Gasteiger partial charge is 0.493 e. The minimum Gasteiger partial charge on any atom is -0.493 e. The predicted octanol–water partition coefficient (Wildman–Crippen LogP) is 2.83. The van der Waals surface area contributed by atoms with Crippen LogP contribution in [0.2, 0.25) is 0 Å². The van der Waals surface area contributed by atoms with Crippen molar-refractivity contribution in [1.82, 2.24) is 0 Å². The SMILES string of the molecule is Cc1c(C)c2ccc(OCC[C@@H](C)N)c(C)c2oc1=O. The van der Waals surface area contributed by atoms with Crippen LogP contribution in [0, 0.1) is 20.8 Å².